The van der Waals surface area contributed by atoms with Crippen molar-refractivity contribution < 1.29 is 23.4 Å². The summed E-state index contributed by atoms with van der Waals surface area (Å²) in [4.78, 5) is 21.5. The van der Waals surface area contributed by atoms with E-state index in [2.05, 4.69) is 9.98 Å². The lowest BCUT2D eigenvalue weighted by molar-refractivity contribution is 0.0697. The number of carboxylic acid groups (broad SMARTS) is 1. The number of aromatic carboxylic acids is 1. The first-order chi connectivity index (χ1) is 15.9. The minimum Gasteiger partial charge on any atom is -0.478 e. The third kappa shape index (κ3) is 5.18. The van der Waals surface area contributed by atoms with Crippen LogP contribution in [0.5, 0.6) is 0 Å². The Morgan fingerprint density at radius 2 is 2.00 bits per heavy atom. The van der Waals surface area contributed by atoms with Gasteiger partial charge >= 0.3 is 5.97 Å². The number of para-hydroxylation sites is 1. The first kappa shape index (κ1) is 22.8. The number of hydrogen-bond acceptors (Lipinski definition) is 7. The van der Waals surface area contributed by atoms with Crippen LogP contribution in [-0.2, 0) is 11.2 Å². The number of ether oxygens (including phenoxy) is 1. The number of morpholine rings is 1. The Balaban J connectivity index is 0.000000376. The topological polar surface area (TPSA) is 101 Å². The third-order valence-electron chi connectivity index (χ3n) is 5.36. The molecule has 3 N–H and O–H groups in total. The van der Waals surface area contributed by atoms with E-state index < -0.39 is 12.4 Å². The largest absolute Gasteiger partial charge is 0.478 e. The lowest BCUT2D eigenvalue weighted by atomic mass is 9.98. The predicted octanol–water partition coefficient (Wildman–Crippen LogP) is 4.56. The number of nitrogen functional groups attached to an aromatic ring is 1. The van der Waals surface area contributed by atoms with Crippen LogP contribution in [0, 0.1) is 0 Å². The van der Waals surface area contributed by atoms with Crippen molar-refractivity contribution in [2.75, 3.05) is 36.9 Å². The van der Waals surface area contributed by atoms with Gasteiger partial charge in [0.1, 0.15) is 0 Å². The van der Waals surface area contributed by atoms with E-state index in [1.165, 1.54) is 23.5 Å². The Morgan fingerprint density at radius 3 is 2.61 bits per heavy atom. The Labute approximate surface area is 193 Å². The minimum atomic E-state index is -2.65. The van der Waals surface area contributed by atoms with Crippen molar-refractivity contribution >= 4 is 39.5 Å². The zero-order valence-corrected chi connectivity index (χ0v) is 18.4. The van der Waals surface area contributed by atoms with Gasteiger partial charge in [-0.3, -0.25) is 4.99 Å². The number of nitrogens with two attached hydrogens (primary N) is 1. The highest BCUT2D eigenvalue weighted by molar-refractivity contribution is 7.13. The molecular weight excluding hydrogens is 450 g/mol. The van der Waals surface area contributed by atoms with Gasteiger partial charge in [0.15, 0.2) is 5.13 Å². The number of thiazole rings is 1. The molecule has 1 fully saturated rings. The Hall–Kier alpha value is -3.37. The summed E-state index contributed by atoms with van der Waals surface area (Å²) in [6.07, 6.45) is -0.626. The molecule has 10 heteroatoms. The van der Waals surface area contributed by atoms with Gasteiger partial charge in [-0.1, -0.05) is 18.2 Å². The van der Waals surface area contributed by atoms with Gasteiger partial charge in [0, 0.05) is 47.9 Å². The molecule has 3 aromatic rings. The van der Waals surface area contributed by atoms with Crippen molar-refractivity contribution in [1.82, 2.24) is 4.98 Å². The van der Waals surface area contributed by atoms with Crippen molar-refractivity contribution in [3.8, 4) is 0 Å². The Bertz CT molecular complexity index is 1160. The predicted molar refractivity (Wildman–Crippen MR) is 124 cm³/mol. The molecule has 0 spiro atoms. The first-order valence-electron chi connectivity index (χ1n) is 10.3. The molecule has 33 heavy (non-hydrogen) atoms. The summed E-state index contributed by atoms with van der Waals surface area (Å²) in [7, 11) is 0. The van der Waals surface area contributed by atoms with Crippen LogP contribution in [0.1, 0.15) is 33.5 Å². The highest BCUT2D eigenvalue weighted by Gasteiger charge is 2.26. The SMILES string of the molecule is Nc1nccs1.O=C(O)c1cccc2c1N=C(c1ccc(N3CCOCC3)cc1C(F)F)C2. The van der Waals surface area contributed by atoms with Crippen LogP contribution < -0.4 is 10.6 Å². The summed E-state index contributed by atoms with van der Waals surface area (Å²) in [6, 6.07) is 9.89. The smallest absolute Gasteiger partial charge is 0.337 e. The molecule has 1 saturated heterocycles. The van der Waals surface area contributed by atoms with Gasteiger partial charge in [-0.15, -0.1) is 11.3 Å². The number of carbonyl (C=O) groups is 1. The van der Waals surface area contributed by atoms with Gasteiger partial charge in [0.05, 0.1) is 30.2 Å². The quantitative estimate of drug-likeness (QED) is 0.577. The van der Waals surface area contributed by atoms with Crippen molar-refractivity contribution in [2.24, 2.45) is 4.99 Å². The molecule has 0 amide bonds. The van der Waals surface area contributed by atoms with E-state index in [1.54, 1.807) is 24.4 Å². The number of rotatable bonds is 4. The molecule has 3 heterocycles. The highest BCUT2D eigenvalue weighted by atomic mass is 32.1. The molecular formula is C23H22F2N4O3S. The van der Waals surface area contributed by atoms with Gasteiger partial charge in [-0.05, 0) is 23.8 Å². The van der Waals surface area contributed by atoms with Gasteiger partial charge in [0.2, 0.25) is 0 Å². The molecule has 0 saturated carbocycles. The number of hydrogen-bond donors (Lipinski definition) is 2. The van der Waals surface area contributed by atoms with E-state index in [1.807, 2.05) is 16.3 Å². The fourth-order valence-corrected chi connectivity index (χ4v) is 4.18. The number of halogens is 2. The molecule has 172 valence electrons. The van der Waals surface area contributed by atoms with E-state index in [0.29, 0.717) is 54.8 Å². The minimum absolute atomic E-state index is 0.0811. The Morgan fingerprint density at radius 1 is 1.21 bits per heavy atom. The number of carboxylic acids is 1. The molecule has 0 atom stereocenters. The summed E-state index contributed by atoms with van der Waals surface area (Å²) in [6.45, 7) is 2.48. The summed E-state index contributed by atoms with van der Waals surface area (Å²) >= 11 is 1.44. The molecule has 2 aliphatic heterocycles. The molecule has 2 aliphatic rings. The van der Waals surface area contributed by atoms with E-state index in [-0.39, 0.29) is 11.1 Å². The monoisotopic (exact) mass is 472 g/mol. The summed E-state index contributed by atoms with van der Waals surface area (Å²) < 4.78 is 32.9. The maximum absolute atomic E-state index is 13.8. The van der Waals surface area contributed by atoms with Crippen LogP contribution in [-0.4, -0.2) is 48.1 Å². The van der Waals surface area contributed by atoms with E-state index >= 15 is 0 Å². The molecule has 2 aromatic carbocycles. The number of benzene rings is 2. The number of aromatic nitrogens is 1. The number of aliphatic imine (C=N–C) groups is 1. The standard InChI is InChI=1S/C20H18F2N2O3.C3H4N2S/c21-19(22)16-11-13(24-6-8-27-9-7-24)4-5-14(16)17-10-12-2-1-3-15(20(25)26)18(12)23-17;4-3-5-1-2-6-3/h1-5,11,19H,6-10H2,(H,25,26);1-2H,(H2,4,5). The average Bonchev–Trinajstić information content (AvgIpc) is 3.48. The van der Waals surface area contributed by atoms with Crippen LogP contribution in [0.3, 0.4) is 0 Å². The van der Waals surface area contributed by atoms with Crippen molar-refractivity contribution in [1.29, 1.82) is 0 Å². The second-order valence-electron chi connectivity index (χ2n) is 7.40. The van der Waals surface area contributed by atoms with Gasteiger partial charge < -0.3 is 20.5 Å². The lowest BCUT2D eigenvalue weighted by Crippen LogP contribution is -2.36. The van der Waals surface area contributed by atoms with Crippen LogP contribution in [0.25, 0.3) is 0 Å². The number of nitrogens with zero attached hydrogens (tertiary/aromatic N) is 3. The molecule has 0 bridgehead atoms. The Kier molecular flexibility index (Phi) is 6.95. The number of fused-ring (bicyclic) bond motifs is 1. The van der Waals surface area contributed by atoms with Crippen molar-refractivity contribution in [3.05, 3.63) is 70.2 Å². The zero-order valence-electron chi connectivity index (χ0n) is 17.6. The molecule has 5 rings (SSSR count). The maximum atomic E-state index is 13.8. The molecule has 0 unspecified atom stereocenters. The van der Waals surface area contributed by atoms with E-state index in [0.717, 1.165) is 11.3 Å². The second-order valence-corrected chi connectivity index (χ2v) is 8.32. The summed E-state index contributed by atoms with van der Waals surface area (Å²) in [5.74, 6) is -1.08. The van der Waals surface area contributed by atoms with Crippen LogP contribution >= 0.6 is 11.3 Å². The summed E-state index contributed by atoms with van der Waals surface area (Å²) in [5.41, 5.74) is 7.87. The lowest BCUT2D eigenvalue weighted by Gasteiger charge is -2.29. The fourth-order valence-electron chi connectivity index (χ4n) is 3.80. The van der Waals surface area contributed by atoms with Crippen LogP contribution in [0.2, 0.25) is 0 Å². The summed E-state index contributed by atoms with van der Waals surface area (Å²) in [5, 5.41) is 11.8. The van der Waals surface area contributed by atoms with Crippen molar-refractivity contribution in [2.45, 2.75) is 12.8 Å². The third-order valence-corrected chi connectivity index (χ3v) is 5.97. The maximum Gasteiger partial charge on any atom is 0.337 e. The normalized spacial score (nSPS) is 15.0. The molecule has 7 nitrogen and oxygen atoms in total. The average molecular weight is 473 g/mol. The van der Waals surface area contributed by atoms with Gasteiger partial charge in [0.25, 0.3) is 6.43 Å². The van der Waals surface area contributed by atoms with Gasteiger partial charge in [-0.2, -0.15) is 0 Å². The van der Waals surface area contributed by atoms with Gasteiger partial charge in [-0.25, -0.2) is 18.6 Å². The highest BCUT2D eigenvalue weighted by Crippen LogP contribution is 2.36. The van der Waals surface area contributed by atoms with E-state index in [9.17, 15) is 18.7 Å². The molecule has 0 aliphatic carbocycles. The van der Waals surface area contributed by atoms with Crippen LogP contribution in [0.15, 0.2) is 53.0 Å². The fraction of sp³-hybridized carbons (Fsp3) is 0.261. The number of anilines is 2. The molecule has 1 aromatic heterocycles. The van der Waals surface area contributed by atoms with E-state index in [4.69, 9.17) is 10.5 Å². The molecule has 0 radical (unpaired) electrons. The van der Waals surface area contributed by atoms with Crippen molar-refractivity contribution in [3.63, 3.8) is 0 Å². The first-order valence-corrected chi connectivity index (χ1v) is 11.1. The van der Waals surface area contributed by atoms with Crippen LogP contribution in [0.4, 0.5) is 25.3 Å². The second kappa shape index (κ2) is 10.1. The zero-order chi connectivity index (χ0) is 23.4. The number of alkyl halides is 2.